The van der Waals surface area contributed by atoms with Crippen LogP contribution in [0, 0.1) is 11.7 Å². The number of ether oxygens (including phenoxy) is 1. The Kier molecular flexibility index (Phi) is 3.25. The smallest absolute Gasteiger partial charge is 0.156 e. The Hall–Kier alpha value is -1.82. The monoisotopic (exact) mass is 278 g/mol. The van der Waals surface area contributed by atoms with Crippen molar-refractivity contribution in [2.45, 2.75) is 19.9 Å². The fourth-order valence-electron chi connectivity index (χ4n) is 2.54. The summed E-state index contributed by atoms with van der Waals surface area (Å²) in [4.78, 5) is 2.38. The predicted octanol–water partition coefficient (Wildman–Crippen LogP) is 2.00. The normalized spacial score (nSPS) is 16.8. The van der Waals surface area contributed by atoms with Crippen LogP contribution in [0.5, 0.6) is 5.75 Å². The van der Waals surface area contributed by atoms with Crippen LogP contribution in [0.25, 0.3) is 10.9 Å². The van der Waals surface area contributed by atoms with E-state index in [1.807, 2.05) is 0 Å². The Labute approximate surface area is 116 Å². The van der Waals surface area contributed by atoms with Gasteiger partial charge < -0.3 is 15.4 Å². The zero-order valence-corrected chi connectivity index (χ0v) is 11.7. The molecule has 3 N–H and O–H groups in total. The van der Waals surface area contributed by atoms with Gasteiger partial charge >= 0.3 is 0 Å². The van der Waals surface area contributed by atoms with Crippen molar-refractivity contribution in [2.75, 3.05) is 25.4 Å². The summed E-state index contributed by atoms with van der Waals surface area (Å²) in [6.45, 7) is 7.06. The minimum atomic E-state index is -0.402. The fraction of sp³-hybridized carbons (Fsp3) is 0.500. The van der Waals surface area contributed by atoms with E-state index in [0.29, 0.717) is 35.2 Å². The molecule has 0 bridgehead atoms. The molecule has 1 aliphatic heterocycles. The van der Waals surface area contributed by atoms with Gasteiger partial charge in [-0.3, -0.25) is 5.10 Å². The number of anilines is 1. The molecule has 3 rings (SSSR count). The predicted molar refractivity (Wildman–Crippen MR) is 76.2 cm³/mol. The first kappa shape index (κ1) is 13.2. The third kappa shape index (κ3) is 2.31. The maximum absolute atomic E-state index is 13.9. The molecule has 2 heterocycles. The molecular weight excluding hydrogens is 259 g/mol. The Morgan fingerprint density at radius 3 is 2.95 bits per heavy atom. The maximum Gasteiger partial charge on any atom is 0.156 e. The number of aromatic nitrogens is 2. The molecular formula is C14H19FN4O. The lowest BCUT2D eigenvalue weighted by molar-refractivity contribution is 0.0375. The molecule has 2 aromatic rings. The molecule has 108 valence electrons. The van der Waals surface area contributed by atoms with Crippen LogP contribution in [0.2, 0.25) is 0 Å². The highest BCUT2D eigenvalue weighted by molar-refractivity contribution is 5.90. The van der Waals surface area contributed by atoms with E-state index >= 15 is 0 Å². The van der Waals surface area contributed by atoms with Crippen LogP contribution in [-0.2, 0) is 0 Å². The standard InChI is InChI=1S/C14H19FN4O/c1-8(2)19-5-9(6-19)7-20-10-3-11(15)13-12(4-10)17-18-14(13)16/h3-4,8-9H,5-7H2,1-2H3,(H3,16,17,18). The largest absolute Gasteiger partial charge is 0.493 e. The first-order valence-electron chi connectivity index (χ1n) is 6.84. The summed E-state index contributed by atoms with van der Waals surface area (Å²) in [5.74, 6) is 0.807. The zero-order valence-electron chi connectivity index (χ0n) is 11.7. The van der Waals surface area contributed by atoms with Gasteiger partial charge in [0.1, 0.15) is 11.6 Å². The Morgan fingerprint density at radius 2 is 2.25 bits per heavy atom. The number of benzene rings is 1. The summed E-state index contributed by atoms with van der Waals surface area (Å²) in [5, 5.41) is 6.83. The summed E-state index contributed by atoms with van der Waals surface area (Å²) in [7, 11) is 0. The molecule has 1 aromatic carbocycles. The molecule has 0 saturated carbocycles. The summed E-state index contributed by atoms with van der Waals surface area (Å²) in [6, 6.07) is 3.68. The van der Waals surface area contributed by atoms with Crippen molar-refractivity contribution in [3.63, 3.8) is 0 Å². The van der Waals surface area contributed by atoms with Gasteiger partial charge in [0.15, 0.2) is 5.82 Å². The topological polar surface area (TPSA) is 67.2 Å². The van der Waals surface area contributed by atoms with Gasteiger partial charge in [-0.15, -0.1) is 0 Å². The number of nitrogens with one attached hydrogen (secondary N) is 1. The van der Waals surface area contributed by atoms with Gasteiger partial charge in [0, 0.05) is 37.2 Å². The minimum Gasteiger partial charge on any atom is -0.493 e. The molecule has 5 nitrogen and oxygen atoms in total. The number of nitrogen functional groups attached to an aromatic ring is 1. The molecule has 0 unspecified atom stereocenters. The summed E-state index contributed by atoms with van der Waals surface area (Å²) < 4.78 is 19.6. The van der Waals surface area contributed by atoms with Gasteiger partial charge in [-0.05, 0) is 13.8 Å². The number of hydrogen-bond acceptors (Lipinski definition) is 4. The number of hydrogen-bond donors (Lipinski definition) is 2. The van der Waals surface area contributed by atoms with Crippen molar-refractivity contribution >= 4 is 16.7 Å². The van der Waals surface area contributed by atoms with Crippen LogP contribution in [0.15, 0.2) is 12.1 Å². The van der Waals surface area contributed by atoms with Crippen LogP contribution in [-0.4, -0.2) is 40.8 Å². The Bertz CT molecular complexity index is 619. The van der Waals surface area contributed by atoms with Gasteiger partial charge in [-0.1, -0.05) is 0 Å². The summed E-state index contributed by atoms with van der Waals surface area (Å²) in [5.41, 5.74) is 6.16. The number of H-pyrrole nitrogens is 1. The molecule has 0 atom stereocenters. The molecule has 1 aliphatic rings. The lowest BCUT2D eigenvalue weighted by Crippen LogP contribution is -2.52. The van der Waals surface area contributed by atoms with Crippen molar-refractivity contribution in [2.24, 2.45) is 5.92 Å². The summed E-state index contributed by atoms with van der Waals surface area (Å²) >= 11 is 0. The van der Waals surface area contributed by atoms with Crippen LogP contribution in [0.3, 0.4) is 0 Å². The molecule has 1 aromatic heterocycles. The van der Waals surface area contributed by atoms with E-state index in [-0.39, 0.29) is 5.82 Å². The second-order valence-electron chi connectivity index (χ2n) is 5.66. The molecule has 1 saturated heterocycles. The maximum atomic E-state index is 13.9. The van der Waals surface area contributed by atoms with Crippen molar-refractivity contribution in [3.8, 4) is 5.75 Å². The third-order valence-electron chi connectivity index (χ3n) is 3.82. The average molecular weight is 278 g/mol. The lowest BCUT2D eigenvalue weighted by Gasteiger charge is -2.41. The highest BCUT2D eigenvalue weighted by atomic mass is 19.1. The van der Waals surface area contributed by atoms with Crippen molar-refractivity contribution in [3.05, 3.63) is 17.9 Å². The molecule has 1 fully saturated rings. The van der Waals surface area contributed by atoms with E-state index < -0.39 is 5.82 Å². The van der Waals surface area contributed by atoms with E-state index in [1.54, 1.807) is 6.07 Å². The number of likely N-dealkylation sites (tertiary alicyclic amines) is 1. The molecule has 0 radical (unpaired) electrons. The quantitative estimate of drug-likeness (QED) is 0.897. The molecule has 6 heteroatoms. The number of aromatic amines is 1. The molecule has 20 heavy (non-hydrogen) atoms. The van der Waals surface area contributed by atoms with E-state index in [0.717, 1.165) is 13.1 Å². The number of halogens is 1. The average Bonchev–Trinajstić information content (AvgIpc) is 2.69. The van der Waals surface area contributed by atoms with Gasteiger partial charge in [0.2, 0.25) is 0 Å². The summed E-state index contributed by atoms with van der Waals surface area (Å²) in [6.07, 6.45) is 0. The zero-order chi connectivity index (χ0) is 14.3. The van der Waals surface area contributed by atoms with Crippen LogP contribution in [0.1, 0.15) is 13.8 Å². The Balaban J connectivity index is 1.64. The van der Waals surface area contributed by atoms with Crippen LogP contribution in [0.4, 0.5) is 10.2 Å². The van der Waals surface area contributed by atoms with E-state index in [2.05, 4.69) is 28.9 Å². The SMILES string of the molecule is CC(C)N1CC(COc2cc(F)c3c(N)n[nH]c3c2)C1. The van der Waals surface area contributed by atoms with Gasteiger partial charge in [0.05, 0.1) is 17.5 Å². The minimum absolute atomic E-state index is 0.176. The highest BCUT2D eigenvalue weighted by Crippen LogP contribution is 2.27. The van der Waals surface area contributed by atoms with Crippen molar-refractivity contribution < 1.29 is 9.13 Å². The van der Waals surface area contributed by atoms with Crippen LogP contribution < -0.4 is 10.5 Å². The second kappa shape index (κ2) is 4.94. The van der Waals surface area contributed by atoms with Crippen molar-refractivity contribution in [1.29, 1.82) is 0 Å². The number of rotatable bonds is 4. The van der Waals surface area contributed by atoms with E-state index in [4.69, 9.17) is 10.5 Å². The van der Waals surface area contributed by atoms with E-state index in [9.17, 15) is 4.39 Å². The molecule has 0 spiro atoms. The fourth-order valence-corrected chi connectivity index (χ4v) is 2.54. The number of nitrogens with zero attached hydrogens (tertiary/aromatic N) is 2. The van der Waals surface area contributed by atoms with Crippen LogP contribution >= 0.6 is 0 Å². The molecule has 0 amide bonds. The molecule has 0 aliphatic carbocycles. The van der Waals surface area contributed by atoms with Gasteiger partial charge in [0.25, 0.3) is 0 Å². The highest BCUT2D eigenvalue weighted by Gasteiger charge is 2.28. The second-order valence-corrected chi connectivity index (χ2v) is 5.66. The van der Waals surface area contributed by atoms with Gasteiger partial charge in [-0.2, -0.15) is 5.10 Å². The first-order chi connectivity index (χ1) is 9.54. The van der Waals surface area contributed by atoms with E-state index in [1.165, 1.54) is 6.07 Å². The first-order valence-corrected chi connectivity index (χ1v) is 6.84. The third-order valence-corrected chi connectivity index (χ3v) is 3.82. The Morgan fingerprint density at radius 1 is 1.50 bits per heavy atom. The number of nitrogens with two attached hydrogens (primary N) is 1. The number of fused-ring (bicyclic) bond motifs is 1. The van der Waals surface area contributed by atoms with Gasteiger partial charge in [-0.25, -0.2) is 4.39 Å². The van der Waals surface area contributed by atoms with Crippen molar-refractivity contribution in [1.82, 2.24) is 15.1 Å². The lowest BCUT2D eigenvalue weighted by atomic mass is 9.99.